The number of methoxy groups -OCH3 is 2. The maximum absolute atomic E-state index is 5.17. The quantitative estimate of drug-likeness (QED) is 0.781. The van der Waals surface area contributed by atoms with Crippen LogP contribution in [0.25, 0.3) is 0 Å². The molecule has 5 nitrogen and oxygen atoms in total. The van der Waals surface area contributed by atoms with Gasteiger partial charge in [-0.15, -0.1) is 0 Å². The van der Waals surface area contributed by atoms with Crippen molar-refractivity contribution in [2.75, 3.05) is 20.8 Å². The van der Waals surface area contributed by atoms with Gasteiger partial charge in [-0.05, 0) is 18.9 Å². The Morgan fingerprint density at radius 3 is 2.16 bits per heavy atom. The number of ether oxygens (including phenoxy) is 2. The summed E-state index contributed by atoms with van der Waals surface area (Å²) in [6.07, 6.45) is 1.87. The van der Waals surface area contributed by atoms with Crippen LogP contribution in [0.5, 0.6) is 11.8 Å². The molecule has 1 unspecified atom stereocenters. The first kappa shape index (κ1) is 15.7. The van der Waals surface area contributed by atoms with E-state index in [1.165, 1.54) is 0 Å². The number of aromatic nitrogens is 2. The zero-order valence-electron chi connectivity index (χ0n) is 12.6. The molecule has 0 spiro atoms. The van der Waals surface area contributed by atoms with E-state index in [0.717, 1.165) is 25.2 Å². The number of hydrogen-bond donors (Lipinski definition) is 1. The molecule has 0 bridgehead atoms. The fourth-order valence-electron chi connectivity index (χ4n) is 2.07. The van der Waals surface area contributed by atoms with Gasteiger partial charge in [-0.2, -0.15) is 9.97 Å². The van der Waals surface area contributed by atoms with Crippen molar-refractivity contribution >= 4 is 0 Å². The lowest BCUT2D eigenvalue weighted by Gasteiger charge is -2.19. The average Bonchev–Trinajstić information content (AvgIpc) is 2.37. The van der Waals surface area contributed by atoms with Crippen LogP contribution in [0.1, 0.15) is 33.0 Å². The van der Waals surface area contributed by atoms with Gasteiger partial charge in [-0.25, -0.2) is 0 Å². The van der Waals surface area contributed by atoms with Crippen molar-refractivity contribution < 1.29 is 9.47 Å². The Morgan fingerprint density at radius 1 is 1.16 bits per heavy atom. The molecule has 1 heterocycles. The van der Waals surface area contributed by atoms with E-state index >= 15 is 0 Å². The summed E-state index contributed by atoms with van der Waals surface area (Å²) in [6.45, 7) is 7.49. The lowest BCUT2D eigenvalue weighted by molar-refractivity contribution is 0.362. The second-order valence-corrected chi connectivity index (χ2v) is 4.96. The van der Waals surface area contributed by atoms with Gasteiger partial charge >= 0.3 is 0 Å². The Bertz CT molecular complexity index is 361. The van der Waals surface area contributed by atoms with Crippen molar-refractivity contribution in [1.29, 1.82) is 0 Å². The van der Waals surface area contributed by atoms with Crippen LogP contribution in [0.2, 0.25) is 0 Å². The molecule has 1 rings (SSSR count). The number of rotatable bonds is 8. The van der Waals surface area contributed by atoms with E-state index < -0.39 is 0 Å². The summed E-state index contributed by atoms with van der Waals surface area (Å²) < 4.78 is 10.3. The largest absolute Gasteiger partial charge is 0.481 e. The van der Waals surface area contributed by atoms with Crippen LogP contribution >= 0.6 is 0 Å². The van der Waals surface area contributed by atoms with Crippen LogP contribution < -0.4 is 14.8 Å². The summed E-state index contributed by atoms with van der Waals surface area (Å²) in [5, 5.41) is 3.48. The highest BCUT2D eigenvalue weighted by Crippen LogP contribution is 2.17. The first-order valence-electron chi connectivity index (χ1n) is 6.78. The van der Waals surface area contributed by atoms with Gasteiger partial charge in [0.2, 0.25) is 11.8 Å². The van der Waals surface area contributed by atoms with Crippen molar-refractivity contribution in [2.45, 2.75) is 39.7 Å². The second-order valence-electron chi connectivity index (χ2n) is 4.96. The summed E-state index contributed by atoms with van der Waals surface area (Å²) in [5.74, 6) is 2.47. The number of nitrogens with zero attached hydrogens (tertiary/aromatic N) is 2. The van der Waals surface area contributed by atoms with Crippen LogP contribution in [0.15, 0.2) is 6.07 Å². The number of hydrogen-bond acceptors (Lipinski definition) is 5. The molecule has 1 aromatic rings. The van der Waals surface area contributed by atoms with E-state index in [0.29, 0.717) is 23.7 Å². The van der Waals surface area contributed by atoms with Gasteiger partial charge in [-0.3, -0.25) is 0 Å². The average molecular weight is 267 g/mol. The minimum atomic E-state index is 0.377. The Kier molecular flexibility index (Phi) is 6.56. The standard InChI is InChI=1S/C14H25N3O2/c1-6-15-11(7-10(2)3)8-12-16-13(18-4)9-14(17-12)19-5/h9-11,15H,6-8H2,1-5H3. The molecule has 0 aliphatic carbocycles. The van der Waals surface area contributed by atoms with E-state index in [1.807, 2.05) is 0 Å². The third-order valence-electron chi connectivity index (χ3n) is 2.82. The maximum atomic E-state index is 5.17. The minimum Gasteiger partial charge on any atom is -0.481 e. The molecule has 5 heteroatoms. The molecule has 1 atom stereocenters. The van der Waals surface area contributed by atoms with E-state index in [9.17, 15) is 0 Å². The Labute approximate surface area is 115 Å². The molecule has 19 heavy (non-hydrogen) atoms. The maximum Gasteiger partial charge on any atom is 0.220 e. The van der Waals surface area contributed by atoms with Crippen LogP contribution in [-0.2, 0) is 6.42 Å². The lowest BCUT2D eigenvalue weighted by atomic mass is 10.0. The van der Waals surface area contributed by atoms with E-state index in [2.05, 4.69) is 36.1 Å². The van der Waals surface area contributed by atoms with Crippen LogP contribution in [0, 0.1) is 5.92 Å². The predicted molar refractivity (Wildman–Crippen MR) is 75.8 cm³/mol. The lowest BCUT2D eigenvalue weighted by Crippen LogP contribution is -2.33. The Hall–Kier alpha value is -1.36. The van der Waals surface area contributed by atoms with Gasteiger partial charge in [0.25, 0.3) is 0 Å². The third kappa shape index (κ3) is 5.42. The first-order chi connectivity index (χ1) is 9.08. The van der Waals surface area contributed by atoms with Gasteiger partial charge in [0.1, 0.15) is 5.82 Å². The summed E-state index contributed by atoms with van der Waals surface area (Å²) in [5.41, 5.74) is 0. The Morgan fingerprint density at radius 2 is 1.74 bits per heavy atom. The normalized spacial score (nSPS) is 12.5. The van der Waals surface area contributed by atoms with Crippen molar-refractivity contribution in [2.24, 2.45) is 5.92 Å². The van der Waals surface area contributed by atoms with Crippen molar-refractivity contribution in [3.05, 3.63) is 11.9 Å². The first-order valence-corrected chi connectivity index (χ1v) is 6.78. The molecule has 0 saturated heterocycles. The molecule has 0 fully saturated rings. The molecule has 0 aliphatic heterocycles. The number of likely N-dealkylation sites (N-methyl/N-ethyl adjacent to an activating group) is 1. The van der Waals surface area contributed by atoms with Gasteiger partial charge in [0, 0.05) is 12.5 Å². The van der Waals surface area contributed by atoms with E-state index in [4.69, 9.17) is 9.47 Å². The van der Waals surface area contributed by atoms with Crippen LogP contribution in [0.4, 0.5) is 0 Å². The van der Waals surface area contributed by atoms with Crippen molar-refractivity contribution in [1.82, 2.24) is 15.3 Å². The van der Waals surface area contributed by atoms with Gasteiger partial charge in [-0.1, -0.05) is 20.8 Å². The molecule has 0 aliphatic rings. The fourth-order valence-corrected chi connectivity index (χ4v) is 2.07. The molecule has 0 amide bonds. The molecule has 0 saturated carbocycles. The molecule has 108 valence electrons. The third-order valence-corrected chi connectivity index (χ3v) is 2.82. The topological polar surface area (TPSA) is 56.3 Å². The SMILES string of the molecule is CCNC(Cc1nc(OC)cc(OC)n1)CC(C)C. The van der Waals surface area contributed by atoms with E-state index in [-0.39, 0.29) is 0 Å². The highest BCUT2D eigenvalue weighted by atomic mass is 16.5. The van der Waals surface area contributed by atoms with Crippen LogP contribution in [0.3, 0.4) is 0 Å². The highest BCUT2D eigenvalue weighted by Gasteiger charge is 2.14. The molecular weight excluding hydrogens is 242 g/mol. The van der Waals surface area contributed by atoms with E-state index in [1.54, 1.807) is 20.3 Å². The minimum absolute atomic E-state index is 0.377. The summed E-state index contributed by atoms with van der Waals surface area (Å²) in [6, 6.07) is 2.07. The molecular formula is C14H25N3O2. The van der Waals surface area contributed by atoms with Crippen LogP contribution in [-0.4, -0.2) is 36.8 Å². The van der Waals surface area contributed by atoms with Crippen molar-refractivity contribution in [3.63, 3.8) is 0 Å². The Balaban J connectivity index is 2.82. The van der Waals surface area contributed by atoms with Gasteiger partial charge in [0.05, 0.1) is 20.3 Å². The molecule has 1 aromatic heterocycles. The molecule has 1 N–H and O–H groups in total. The zero-order chi connectivity index (χ0) is 14.3. The molecule has 0 radical (unpaired) electrons. The predicted octanol–water partition coefficient (Wildman–Crippen LogP) is 2.06. The fraction of sp³-hybridized carbons (Fsp3) is 0.714. The summed E-state index contributed by atoms with van der Waals surface area (Å²) in [4.78, 5) is 8.75. The highest BCUT2D eigenvalue weighted by molar-refractivity contribution is 5.21. The van der Waals surface area contributed by atoms with Crippen molar-refractivity contribution in [3.8, 4) is 11.8 Å². The zero-order valence-corrected chi connectivity index (χ0v) is 12.6. The second kappa shape index (κ2) is 7.94. The monoisotopic (exact) mass is 267 g/mol. The van der Waals surface area contributed by atoms with Gasteiger partial charge < -0.3 is 14.8 Å². The number of nitrogens with one attached hydrogen (secondary N) is 1. The smallest absolute Gasteiger partial charge is 0.220 e. The summed E-state index contributed by atoms with van der Waals surface area (Å²) in [7, 11) is 3.20. The van der Waals surface area contributed by atoms with Gasteiger partial charge in [0.15, 0.2) is 0 Å². The summed E-state index contributed by atoms with van der Waals surface area (Å²) >= 11 is 0. The molecule has 0 aromatic carbocycles.